The molecule has 0 bridgehead atoms. The lowest BCUT2D eigenvalue weighted by atomic mass is 10.0. The van der Waals surface area contributed by atoms with E-state index in [4.69, 9.17) is 5.11 Å². The summed E-state index contributed by atoms with van der Waals surface area (Å²) in [5.74, 6) is -0.966. The van der Waals surface area contributed by atoms with Crippen LogP contribution in [0.3, 0.4) is 0 Å². The average Bonchev–Trinajstić information content (AvgIpc) is 2.89. The van der Waals surface area contributed by atoms with Gasteiger partial charge in [0.2, 0.25) is 5.91 Å². The Kier molecular flexibility index (Phi) is 5.19. The number of aliphatic carboxylic acids is 1. The zero-order valence-corrected chi connectivity index (χ0v) is 13.4. The summed E-state index contributed by atoms with van der Waals surface area (Å²) in [5, 5.41) is 12.1. The lowest BCUT2D eigenvalue weighted by Gasteiger charge is -2.22. The van der Waals surface area contributed by atoms with Gasteiger partial charge in [0.05, 0.1) is 12.6 Å². The van der Waals surface area contributed by atoms with Gasteiger partial charge in [-0.15, -0.1) is 0 Å². The number of hydrogen-bond donors (Lipinski definition) is 2. The van der Waals surface area contributed by atoms with Gasteiger partial charge in [-0.05, 0) is 56.8 Å². The van der Waals surface area contributed by atoms with Crippen molar-refractivity contribution in [3.63, 3.8) is 0 Å². The molecule has 0 saturated carbocycles. The van der Waals surface area contributed by atoms with Gasteiger partial charge in [-0.25, -0.2) is 0 Å². The van der Waals surface area contributed by atoms with Gasteiger partial charge in [0.15, 0.2) is 0 Å². The third-order valence-electron chi connectivity index (χ3n) is 4.40. The van der Waals surface area contributed by atoms with Crippen molar-refractivity contribution in [3.8, 4) is 0 Å². The second-order valence-corrected chi connectivity index (χ2v) is 6.10. The van der Waals surface area contributed by atoms with Gasteiger partial charge >= 0.3 is 5.97 Å². The second-order valence-electron chi connectivity index (χ2n) is 6.10. The quantitative estimate of drug-likeness (QED) is 0.873. The van der Waals surface area contributed by atoms with E-state index in [0.717, 1.165) is 12.0 Å². The molecule has 0 spiro atoms. The molecule has 0 radical (unpaired) electrons. The Morgan fingerprint density at radius 1 is 1.36 bits per heavy atom. The molecular weight excluding hydrogens is 280 g/mol. The topological polar surface area (TPSA) is 69.6 Å². The molecule has 1 aliphatic heterocycles. The number of carbonyl (C=O) groups excluding carboxylic acids is 1. The maximum atomic E-state index is 12.2. The van der Waals surface area contributed by atoms with Crippen molar-refractivity contribution in [3.05, 3.63) is 34.9 Å². The largest absolute Gasteiger partial charge is 0.480 e. The molecular formula is C17H24N2O3. The van der Waals surface area contributed by atoms with Gasteiger partial charge in [-0.2, -0.15) is 0 Å². The van der Waals surface area contributed by atoms with Crippen molar-refractivity contribution >= 4 is 11.9 Å². The van der Waals surface area contributed by atoms with Crippen LogP contribution in [0.15, 0.2) is 18.2 Å². The minimum atomic E-state index is -0.840. The number of likely N-dealkylation sites (tertiary alicyclic amines) is 1. The number of carboxylic acids is 1. The minimum Gasteiger partial charge on any atom is -0.480 e. The van der Waals surface area contributed by atoms with Crippen molar-refractivity contribution in [2.75, 3.05) is 13.1 Å². The Morgan fingerprint density at radius 3 is 2.73 bits per heavy atom. The molecule has 2 rings (SSSR count). The normalized spacial score (nSPS) is 19.9. The average molecular weight is 304 g/mol. The fourth-order valence-electron chi connectivity index (χ4n) is 2.88. The molecule has 1 aromatic rings. The number of nitrogens with zero attached hydrogens (tertiary/aromatic N) is 1. The first kappa shape index (κ1) is 16.5. The molecule has 120 valence electrons. The van der Waals surface area contributed by atoms with E-state index in [1.54, 1.807) is 4.90 Å². The highest BCUT2D eigenvalue weighted by molar-refractivity contribution is 5.80. The fraction of sp³-hybridized carbons (Fsp3) is 0.529. The van der Waals surface area contributed by atoms with Gasteiger partial charge in [-0.3, -0.25) is 14.5 Å². The summed E-state index contributed by atoms with van der Waals surface area (Å²) < 4.78 is 0. The van der Waals surface area contributed by atoms with Crippen LogP contribution in [-0.2, 0) is 9.59 Å². The molecule has 22 heavy (non-hydrogen) atoms. The first-order chi connectivity index (χ1) is 10.4. The van der Waals surface area contributed by atoms with Gasteiger partial charge in [0.25, 0.3) is 0 Å². The molecule has 2 N–H and O–H groups in total. The van der Waals surface area contributed by atoms with Crippen LogP contribution in [0, 0.1) is 13.8 Å². The Balaban J connectivity index is 1.93. The van der Waals surface area contributed by atoms with E-state index in [2.05, 4.69) is 25.2 Å². The smallest absolute Gasteiger partial charge is 0.320 e. The molecule has 5 heteroatoms. The van der Waals surface area contributed by atoms with Gasteiger partial charge in [-0.1, -0.05) is 18.2 Å². The van der Waals surface area contributed by atoms with E-state index in [0.29, 0.717) is 13.0 Å². The molecule has 1 amide bonds. The van der Waals surface area contributed by atoms with Crippen molar-refractivity contribution in [2.45, 2.75) is 45.7 Å². The molecule has 1 saturated heterocycles. The zero-order valence-electron chi connectivity index (χ0n) is 13.4. The Labute approximate surface area is 131 Å². The number of aryl methyl sites for hydroxylation is 2. The molecule has 2 atom stereocenters. The summed E-state index contributed by atoms with van der Waals surface area (Å²) >= 11 is 0. The predicted molar refractivity (Wildman–Crippen MR) is 84.7 cm³/mol. The van der Waals surface area contributed by atoms with Crippen molar-refractivity contribution < 1.29 is 14.7 Å². The van der Waals surface area contributed by atoms with Crippen LogP contribution in [0.4, 0.5) is 0 Å². The Bertz CT molecular complexity index is 571. The molecule has 0 aliphatic carbocycles. The number of carboxylic acid groups (broad SMARTS) is 1. The summed E-state index contributed by atoms with van der Waals surface area (Å²) in [4.78, 5) is 25.0. The predicted octanol–water partition coefficient (Wildman–Crippen LogP) is 2.03. The summed E-state index contributed by atoms with van der Waals surface area (Å²) in [6.45, 7) is 6.87. The lowest BCUT2D eigenvalue weighted by Crippen LogP contribution is -2.43. The number of rotatable bonds is 5. The number of benzene rings is 1. The van der Waals surface area contributed by atoms with Gasteiger partial charge in [0, 0.05) is 0 Å². The summed E-state index contributed by atoms with van der Waals surface area (Å²) in [6, 6.07) is 5.54. The number of nitrogens with one attached hydrogen (secondary N) is 1. The highest BCUT2D eigenvalue weighted by atomic mass is 16.4. The van der Waals surface area contributed by atoms with E-state index in [1.807, 2.05) is 19.1 Å². The molecule has 0 aromatic heterocycles. The van der Waals surface area contributed by atoms with E-state index < -0.39 is 12.0 Å². The molecule has 1 aromatic carbocycles. The standard InChI is InChI=1S/C17H24N2O3/c1-11-6-7-14(9-12(11)2)13(3)18-16(20)10-19-8-4-5-15(19)17(21)22/h6-7,9,13,15H,4-5,8,10H2,1-3H3,(H,18,20)(H,21,22)/t13-,15+/m0/s1. The highest BCUT2D eigenvalue weighted by Gasteiger charge is 2.31. The summed E-state index contributed by atoms with van der Waals surface area (Å²) in [7, 11) is 0. The molecule has 1 heterocycles. The zero-order chi connectivity index (χ0) is 16.3. The van der Waals surface area contributed by atoms with Crippen LogP contribution in [0.2, 0.25) is 0 Å². The Morgan fingerprint density at radius 2 is 2.09 bits per heavy atom. The summed E-state index contributed by atoms with van der Waals surface area (Å²) in [6.07, 6.45) is 1.45. The van der Waals surface area contributed by atoms with Crippen molar-refractivity contribution in [1.82, 2.24) is 10.2 Å². The van der Waals surface area contributed by atoms with E-state index >= 15 is 0 Å². The third kappa shape index (κ3) is 3.85. The second kappa shape index (κ2) is 6.92. The van der Waals surface area contributed by atoms with Gasteiger partial charge < -0.3 is 10.4 Å². The van der Waals surface area contributed by atoms with E-state index in [1.165, 1.54) is 11.1 Å². The first-order valence-corrected chi connectivity index (χ1v) is 7.72. The molecule has 1 fully saturated rings. The van der Waals surface area contributed by atoms with Crippen LogP contribution < -0.4 is 5.32 Å². The third-order valence-corrected chi connectivity index (χ3v) is 4.40. The van der Waals surface area contributed by atoms with Crippen LogP contribution in [-0.4, -0.2) is 41.0 Å². The fourth-order valence-corrected chi connectivity index (χ4v) is 2.88. The molecule has 0 unspecified atom stereocenters. The number of amides is 1. The molecule has 1 aliphatic rings. The van der Waals surface area contributed by atoms with Crippen LogP contribution in [0.25, 0.3) is 0 Å². The van der Waals surface area contributed by atoms with Crippen molar-refractivity contribution in [1.29, 1.82) is 0 Å². The SMILES string of the molecule is Cc1ccc([C@H](C)NC(=O)CN2CCC[C@@H]2C(=O)O)cc1C. The van der Waals surface area contributed by atoms with E-state index in [9.17, 15) is 9.59 Å². The van der Waals surface area contributed by atoms with Crippen LogP contribution in [0.1, 0.15) is 42.5 Å². The highest BCUT2D eigenvalue weighted by Crippen LogP contribution is 2.18. The summed E-state index contributed by atoms with van der Waals surface area (Å²) in [5.41, 5.74) is 3.49. The first-order valence-electron chi connectivity index (χ1n) is 7.72. The minimum absolute atomic E-state index is 0.0855. The lowest BCUT2D eigenvalue weighted by molar-refractivity contribution is -0.142. The monoisotopic (exact) mass is 304 g/mol. The number of hydrogen-bond acceptors (Lipinski definition) is 3. The van der Waals surface area contributed by atoms with Gasteiger partial charge in [0.1, 0.15) is 6.04 Å². The molecule has 5 nitrogen and oxygen atoms in total. The van der Waals surface area contributed by atoms with Crippen molar-refractivity contribution in [2.24, 2.45) is 0 Å². The van der Waals surface area contributed by atoms with E-state index in [-0.39, 0.29) is 18.5 Å². The van der Waals surface area contributed by atoms with Crippen LogP contribution in [0.5, 0.6) is 0 Å². The maximum absolute atomic E-state index is 12.2. The maximum Gasteiger partial charge on any atom is 0.320 e. The number of carbonyl (C=O) groups is 2. The Hall–Kier alpha value is -1.88. The van der Waals surface area contributed by atoms with Crippen LogP contribution >= 0.6 is 0 Å².